The van der Waals surface area contributed by atoms with Gasteiger partial charge in [0.2, 0.25) is 0 Å². The second-order valence-electron chi connectivity index (χ2n) is 4.60. The summed E-state index contributed by atoms with van der Waals surface area (Å²) in [6, 6.07) is 14.0. The Labute approximate surface area is 122 Å². The molecular weight excluding hydrogens is 268 g/mol. The van der Waals surface area contributed by atoms with E-state index in [-0.39, 0.29) is 12.3 Å². The highest BCUT2D eigenvalue weighted by Crippen LogP contribution is 2.11. The van der Waals surface area contributed by atoms with E-state index >= 15 is 0 Å². The van der Waals surface area contributed by atoms with E-state index in [1.807, 2.05) is 12.1 Å². The van der Waals surface area contributed by atoms with Crippen LogP contribution in [0.2, 0.25) is 0 Å². The number of methoxy groups -OCH3 is 1. The van der Waals surface area contributed by atoms with Crippen molar-refractivity contribution < 1.29 is 19.6 Å². The van der Waals surface area contributed by atoms with Crippen LogP contribution in [0, 0.1) is 0 Å². The Morgan fingerprint density at radius 3 is 2.38 bits per heavy atom. The van der Waals surface area contributed by atoms with Crippen molar-refractivity contribution >= 4 is 23.3 Å². The van der Waals surface area contributed by atoms with Gasteiger partial charge in [-0.15, -0.1) is 0 Å². The van der Waals surface area contributed by atoms with Crippen LogP contribution in [0.3, 0.4) is 0 Å². The summed E-state index contributed by atoms with van der Waals surface area (Å²) in [4.78, 5) is 23.3. The van der Waals surface area contributed by atoms with Gasteiger partial charge in [-0.3, -0.25) is 0 Å². The summed E-state index contributed by atoms with van der Waals surface area (Å²) in [5, 5.41) is 1.53. The molecule has 2 aromatic carbocycles. The summed E-state index contributed by atoms with van der Waals surface area (Å²) in [7, 11) is 1.33. The molecule has 0 aliphatic rings. The second-order valence-corrected chi connectivity index (χ2v) is 4.60. The number of para-hydroxylation sites is 2. The average Bonchev–Trinajstić information content (AvgIpc) is 2.49. The molecule has 0 aromatic heterocycles. The Hall–Kier alpha value is -2.66. The number of hydrogen-bond donors (Lipinski definition) is 2. The van der Waals surface area contributed by atoms with Crippen LogP contribution in [0.1, 0.15) is 15.9 Å². The summed E-state index contributed by atoms with van der Waals surface area (Å²) in [5.41, 5.74) is 8.38. The number of esters is 1. The Kier molecular flexibility index (Phi) is 4.68. The summed E-state index contributed by atoms with van der Waals surface area (Å²) in [5.74, 6) is -0.435. The average molecular weight is 285 g/mol. The fourth-order valence-electron chi connectivity index (χ4n) is 1.94. The highest BCUT2D eigenvalue weighted by molar-refractivity contribution is 5.89. The Morgan fingerprint density at radius 2 is 1.76 bits per heavy atom. The lowest BCUT2D eigenvalue weighted by Gasteiger charge is -2.03. The minimum atomic E-state index is -0.392. The molecule has 4 N–H and O–H groups in total. The second kappa shape index (κ2) is 6.67. The zero-order chi connectivity index (χ0) is 15.2. The smallest absolute Gasteiger partial charge is 0.337 e. The Balaban J connectivity index is 2.00. The van der Waals surface area contributed by atoms with Gasteiger partial charge >= 0.3 is 11.9 Å². The maximum atomic E-state index is 12.0. The maximum absolute atomic E-state index is 12.0. The van der Waals surface area contributed by atoms with Gasteiger partial charge in [0, 0.05) is 6.07 Å². The van der Waals surface area contributed by atoms with Crippen LogP contribution in [0.4, 0.5) is 11.4 Å². The van der Waals surface area contributed by atoms with E-state index in [1.165, 1.54) is 12.4 Å². The molecular formula is C16H17N2O3+. The lowest BCUT2D eigenvalue weighted by atomic mass is 10.1. The molecule has 0 bridgehead atoms. The predicted octanol–water partition coefficient (Wildman–Crippen LogP) is 1.02. The largest absolute Gasteiger partial charge is 0.465 e. The van der Waals surface area contributed by atoms with Gasteiger partial charge in [-0.1, -0.05) is 24.3 Å². The minimum Gasteiger partial charge on any atom is -0.465 e. The first kappa shape index (κ1) is 14.7. The lowest BCUT2D eigenvalue weighted by Crippen LogP contribution is -2.83. The highest BCUT2D eigenvalue weighted by atomic mass is 16.5. The third-order valence-corrected chi connectivity index (χ3v) is 3.07. The van der Waals surface area contributed by atoms with Crippen molar-refractivity contribution in [2.45, 2.75) is 6.42 Å². The van der Waals surface area contributed by atoms with Crippen molar-refractivity contribution in [3.05, 3.63) is 59.7 Å². The molecule has 5 heteroatoms. The van der Waals surface area contributed by atoms with E-state index < -0.39 is 5.97 Å². The van der Waals surface area contributed by atoms with Gasteiger partial charge < -0.3 is 10.5 Å². The van der Waals surface area contributed by atoms with Gasteiger partial charge in [0.25, 0.3) is 0 Å². The molecule has 0 heterocycles. The highest BCUT2D eigenvalue weighted by Gasteiger charge is 2.12. The number of rotatable bonds is 4. The zero-order valence-electron chi connectivity index (χ0n) is 11.7. The van der Waals surface area contributed by atoms with Crippen LogP contribution in [0.25, 0.3) is 0 Å². The topological polar surface area (TPSA) is 86.0 Å². The van der Waals surface area contributed by atoms with Crippen LogP contribution in [-0.4, -0.2) is 19.0 Å². The molecule has 0 saturated carbocycles. The first-order valence-electron chi connectivity index (χ1n) is 6.49. The number of ether oxygens (including phenoxy) is 1. The Bertz CT molecular complexity index is 651. The van der Waals surface area contributed by atoms with Crippen molar-refractivity contribution in [1.82, 2.24) is 0 Å². The molecule has 2 aromatic rings. The third-order valence-electron chi connectivity index (χ3n) is 3.07. The molecule has 1 amide bonds. The number of nitrogen functional groups attached to an aromatic ring is 1. The number of hydrogen-bond acceptors (Lipinski definition) is 4. The summed E-state index contributed by atoms with van der Waals surface area (Å²) in [6.45, 7) is 0. The number of nitrogens with two attached hydrogens (primary N) is 2. The molecule has 0 spiro atoms. The number of quaternary nitrogens is 1. The first-order chi connectivity index (χ1) is 10.1. The van der Waals surface area contributed by atoms with Crippen LogP contribution in [0.5, 0.6) is 0 Å². The quantitative estimate of drug-likeness (QED) is 0.648. The fourth-order valence-corrected chi connectivity index (χ4v) is 1.94. The number of benzene rings is 2. The molecule has 0 radical (unpaired) electrons. The molecule has 108 valence electrons. The van der Waals surface area contributed by atoms with Gasteiger partial charge in [0.15, 0.2) is 5.69 Å². The van der Waals surface area contributed by atoms with Crippen LogP contribution in [-0.2, 0) is 16.0 Å². The summed E-state index contributed by atoms with van der Waals surface area (Å²) >= 11 is 0. The molecule has 0 unspecified atom stereocenters. The summed E-state index contributed by atoms with van der Waals surface area (Å²) in [6.07, 6.45) is 0.260. The number of carbonyl (C=O) groups excluding carboxylic acids is 2. The van der Waals surface area contributed by atoms with E-state index in [0.29, 0.717) is 16.9 Å². The SMILES string of the molecule is COC(=O)c1ccc(CC(=O)[NH2+]c2ccccc2N)cc1. The molecule has 0 aliphatic heterocycles. The normalized spacial score (nSPS) is 10.1. The van der Waals surface area contributed by atoms with Crippen molar-refractivity contribution in [2.75, 3.05) is 12.8 Å². The molecule has 0 saturated heterocycles. The molecule has 21 heavy (non-hydrogen) atoms. The molecule has 0 aliphatic carbocycles. The van der Waals surface area contributed by atoms with E-state index in [4.69, 9.17) is 5.73 Å². The number of carbonyl (C=O) groups is 2. The van der Waals surface area contributed by atoms with Gasteiger partial charge in [-0.25, -0.2) is 14.9 Å². The van der Waals surface area contributed by atoms with E-state index in [2.05, 4.69) is 4.74 Å². The molecule has 0 atom stereocenters. The van der Waals surface area contributed by atoms with Gasteiger partial charge in [-0.05, 0) is 23.8 Å². The minimum absolute atomic E-state index is 0.0429. The van der Waals surface area contributed by atoms with E-state index in [0.717, 1.165) is 5.56 Å². The van der Waals surface area contributed by atoms with E-state index in [9.17, 15) is 9.59 Å². The van der Waals surface area contributed by atoms with Crippen LogP contribution in [0.15, 0.2) is 48.5 Å². The number of amides is 1. The monoisotopic (exact) mass is 285 g/mol. The standard InChI is InChI=1S/C16H16N2O3/c1-21-16(20)12-8-6-11(7-9-12)10-15(19)18-14-5-3-2-4-13(14)17/h2-9H,10,17H2,1H3,(H,18,19)/p+1. The fraction of sp³-hybridized carbons (Fsp3) is 0.125. The molecule has 2 rings (SSSR count). The maximum Gasteiger partial charge on any atom is 0.337 e. The lowest BCUT2D eigenvalue weighted by molar-refractivity contribution is -0.482. The molecule has 5 nitrogen and oxygen atoms in total. The summed E-state index contributed by atoms with van der Waals surface area (Å²) < 4.78 is 4.62. The first-order valence-corrected chi connectivity index (χ1v) is 6.49. The van der Waals surface area contributed by atoms with Crippen molar-refractivity contribution in [3.63, 3.8) is 0 Å². The van der Waals surface area contributed by atoms with Crippen LogP contribution < -0.4 is 11.1 Å². The van der Waals surface area contributed by atoms with Crippen molar-refractivity contribution in [3.8, 4) is 0 Å². The van der Waals surface area contributed by atoms with Crippen LogP contribution >= 0.6 is 0 Å². The van der Waals surface area contributed by atoms with Gasteiger partial charge in [0.1, 0.15) is 0 Å². The van der Waals surface area contributed by atoms with E-state index in [1.54, 1.807) is 36.4 Å². The van der Waals surface area contributed by atoms with Crippen molar-refractivity contribution in [2.24, 2.45) is 0 Å². The number of primary amides is 1. The van der Waals surface area contributed by atoms with Crippen molar-refractivity contribution in [1.29, 1.82) is 0 Å². The van der Waals surface area contributed by atoms with Gasteiger partial charge in [-0.2, -0.15) is 0 Å². The third kappa shape index (κ3) is 3.90. The number of anilines is 1. The zero-order valence-corrected chi connectivity index (χ0v) is 11.7. The Morgan fingerprint density at radius 1 is 1.10 bits per heavy atom. The van der Waals surface area contributed by atoms with Gasteiger partial charge in [0.05, 0.1) is 24.8 Å². The predicted molar refractivity (Wildman–Crippen MR) is 78.9 cm³/mol. The molecule has 0 fully saturated rings.